The van der Waals surface area contributed by atoms with Crippen molar-refractivity contribution in [3.05, 3.63) is 89.7 Å². The van der Waals surface area contributed by atoms with Crippen molar-refractivity contribution in [2.45, 2.75) is 51.2 Å². The van der Waals surface area contributed by atoms with Crippen LogP contribution in [0.25, 0.3) is 22.2 Å². The maximum absolute atomic E-state index is 12.8. The fraction of sp³-hybridized carbons (Fsp3) is 0.333. The first-order valence-corrected chi connectivity index (χ1v) is 13.0. The number of hydrogen-bond acceptors (Lipinski definition) is 4. The Hall–Kier alpha value is -3.48. The average Bonchev–Trinajstić information content (AvgIpc) is 3.32. The summed E-state index contributed by atoms with van der Waals surface area (Å²) in [5.41, 5.74) is 13.0. The third-order valence-corrected chi connectivity index (χ3v) is 7.04. The zero-order valence-corrected chi connectivity index (χ0v) is 20.7. The molecule has 0 spiro atoms. The van der Waals surface area contributed by atoms with Crippen molar-refractivity contribution in [3.63, 3.8) is 0 Å². The number of rotatable bonds is 9. The lowest BCUT2D eigenvalue weighted by Crippen LogP contribution is -2.36. The molecule has 0 atom stereocenters. The quantitative estimate of drug-likeness (QED) is 0.298. The molecule has 0 saturated heterocycles. The van der Waals surface area contributed by atoms with E-state index in [9.17, 15) is 4.79 Å². The first kappa shape index (κ1) is 24.2. The Bertz CT molecular complexity index is 1300. The molecule has 1 fully saturated rings. The highest BCUT2D eigenvalue weighted by molar-refractivity contribution is 5.94. The highest BCUT2D eigenvalue weighted by Crippen LogP contribution is 2.25. The molecule has 1 heterocycles. The standard InChI is InChI=1S/C30H35N5O/c31-15-16-32-19-22-9-11-24(12-10-22)25-13-14-28-29(18-25)35(21-33-28)20-23-5-4-6-26(17-23)30(36)34-27-7-2-1-3-8-27/h4-6,9-14,17-18,21,27,32H,1-3,7-8,15-16,19-20,31H2,(H,34,36). The Morgan fingerprint density at radius 3 is 2.56 bits per heavy atom. The first-order valence-electron chi connectivity index (χ1n) is 13.0. The van der Waals surface area contributed by atoms with E-state index in [1.54, 1.807) is 0 Å². The van der Waals surface area contributed by atoms with E-state index in [2.05, 4.69) is 68.7 Å². The van der Waals surface area contributed by atoms with Crippen molar-refractivity contribution in [2.75, 3.05) is 13.1 Å². The summed E-state index contributed by atoms with van der Waals surface area (Å²) in [6.45, 7) is 2.94. The van der Waals surface area contributed by atoms with E-state index in [1.807, 2.05) is 24.5 Å². The smallest absolute Gasteiger partial charge is 0.251 e. The third-order valence-electron chi connectivity index (χ3n) is 7.04. The number of aromatic nitrogens is 2. The van der Waals surface area contributed by atoms with Crippen molar-refractivity contribution < 1.29 is 4.79 Å². The van der Waals surface area contributed by atoms with Crippen molar-refractivity contribution in [2.24, 2.45) is 5.73 Å². The zero-order chi connectivity index (χ0) is 24.7. The fourth-order valence-electron chi connectivity index (χ4n) is 5.04. The number of amides is 1. The summed E-state index contributed by atoms with van der Waals surface area (Å²) in [4.78, 5) is 17.4. The second kappa shape index (κ2) is 11.5. The molecule has 0 radical (unpaired) electrons. The summed E-state index contributed by atoms with van der Waals surface area (Å²) in [7, 11) is 0. The lowest BCUT2D eigenvalue weighted by atomic mass is 9.95. The van der Waals surface area contributed by atoms with Crippen LogP contribution in [0, 0.1) is 0 Å². The second-order valence-electron chi connectivity index (χ2n) is 9.75. The monoisotopic (exact) mass is 481 g/mol. The average molecular weight is 482 g/mol. The van der Waals surface area contributed by atoms with Gasteiger partial charge in [-0.2, -0.15) is 0 Å². The van der Waals surface area contributed by atoms with E-state index in [1.165, 1.54) is 30.4 Å². The van der Waals surface area contributed by atoms with Crippen LogP contribution < -0.4 is 16.4 Å². The molecule has 0 unspecified atom stereocenters. The molecule has 4 aromatic rings. The minimum absolute atomic E-state index is 0.0307. The van der Waals surface area contributed by atoms with Gasteiger partial charge in [0.1, 0.15) is 0 Å². The van der Waals surface area contributed by atoms with Crippen molar-refractivity contribution in [1.82, 2.24) is 20.2 Å². The topological polar surface area (TPSA) is 85.0 Å². The molecule has 5 rings (SSSR count). The van der Waals surface area contributed by atoms with Crippen LogP contribution in [-0.2, 0) is 13.1 Å². The maximum atomic E-state index is 12.8. The molecule has 3 aromatic carbocycles. The van der Waals surface area contributed by atoms with E-state index in [4.69, 9.17) is 5.73 Å². The molecule has 1 aliphatic carbocycles. The van der Waals surface area contributed by atoms with Gasteiger partial charge in [-0.05, 0) is 59.4 Å². The molecule has 1 aromatic heterocycles. The van der Waals surface area contributed by atoms with Crippen LogP contribution in [0.5, 0.6) is 0 Å². The number of hydrogen-bond donors (Lipinski definition) is 3. The Kier molecular flexibility index (Phi) is 7.74. The zero-order valence-electron chi connectivity index (χ0n) is 20.7. The van der Waals surface area contributed by atoms with Gasteiger partial charge < -0.3 is 20.9 Å². The minimum Gasteiger partial charge on any atom is -0.349 e. The first-order chi connectivity index (χ1) is 17.7. The fourth-order valence-corrected chi connectivity index (χ4v) is 5.04. The number of fused-ring (bicyclic) bond motifs is 1. The molecular formula is C30H35N5O. The Morgan fingerprint density at radius 1 is 0.944 bits per heavy atom. The molecule has 0 bridgehead atoms. The molecule has 186 valence electrons. The number of nitrogens with one attached hydrogen (secondary N) is 2. The summed E-state index contributed by atoms with van der Waals surface area (Å²) in [5, 5.41) is 6.56. The summed E-state index contributed by atoms with van der Waals surface area (Å²) in [5.74, 6) is 0.0307. The van der Waals surface area contributed by atoms with Crippen LogP contribution in [0.1, 0.15) is 53.6 Å². The number of benzene rings is 3. The van der Waals surface area contributed by atoms with Crippen LogP contribution in [-0.4, -0.2) is 34.6 Å². The lowest BCUT2D eigenvalue weighted by molar-refractivity contribution is 0.0927. The molecular weight excluding hydrogens is 446 g/mol. The van der Waals surface area contributed by atoms with Crippen molar-refractivity contribution in [3.8, 4) is 11.1 Å². The van der Waals surface area contributed by atoms with Crippen LogP contribution in [0.2, 0.25) is 0 Å². The minimum atomic E-state index is 0.0307. The summed E-state index contributed by atoms with van der Waals surface area (Å²) in [6, 6.07) is 23.3. The van der Waals surface area contributed by atoms with Gasteiger partial charge in [-0.3, -0.25) is 4.79 Å². The number of carbonyl (C=O) groups is 1. The SMILES string of the molecule is NCCNCc1ccc(-c2ccc3ncn(Cc4cccc(C(=O)NC5CCCCC5)c4)c3c2)cc1. The molecule has 1 saturated carbocycles. The number of imidazole rings is 1. The predicted molar refractivity (Wildman–Crippen MR) is 146 cm³/mol. The lowest BCUT2D eigenvalue weighted by Gasteiger charge is -2.22. The maximum Gasteiger partial charge on any atom is 0.251 e. The molecule has 6 heteroatoms. The van der Waals surface area contributed by atoms with Gasteiger partial charge in [0.25, 0.3) is 5.91 Å². The second-order valence-corrected chi connectivity index (χ2v) is 9.75. The third kappa shape index (κ3) is 5.83. The highest BCUT2D eigenvalue weighted by atomic mass is 16.1. The summed E-state index contributed by atoms with van der Waals surface area (Å²) < 4.78 is 2.15. The van der Waals surface area contributed by atoms with Crippen LogP contribution in [0.15, 0.2) is 73.1 Å². The summed E-state index contributed by atoms with van der Waals surface area (Å²) >= 11 is 0. The Labute approximate surface area is 212 Å². The molecule has 36 heavy (non-hydrogen) atoms. The number of nitrogens with two attached hydrogens (primary N) is 1. The van der Waals surface area contributed by atoms with Gasteiger partial charge >= 0.3 is 0 Å². The van der Waals surface area contributed by atoms with E-state index in [-0.39, 0.29) is 5.91 Å². The Balaban J connectivity index is 1.31. The van der Waals surface area contributed by atoms with Crippen molar-refractivity contribution >= 4 is 16.9 Å². The molecule has 1 amide bonds. The van der Waals surface area contributed by atoms with Gasteiger partial charge in [0, 0.05) is 37.8 Å². The summed E-state index contributed by atoms with van der Waals surface area (Å²) in [6.07, 6.45) is 7.74. The largest absolute Gasteiger partial charge is 0.349 e. The van der Waals surface area contributed by atoms with Gasteiger partial charge in [0.15, 0.2) is 0 Å². The van der Waals surface area contributed by atoms with Crippen LogP contribution in [0.3, 0.4) is 0 Å². The van der Waals surface area contributed by atoms with E-state index >= 15 is 0 Å². The predicted octanol–water partition coefficient (Wildman–Crippen LogP) is 4.86. The van der Waals surface area contributed by atoms with Crippen LogP contribution in [0.4, 0.5) is 0 Å². The van der Waals surface area contributed by atoms with E-state index in [0.29, 0.717) is 19.1 Å². The van der Waals surface area contributed by atoms with Crippen molar-refractivity contribution in [1.29, 1.82) is 0 Å². The molecule has 6 nitrogen and oxygen atoms in total. The number of carbonyl (C=O) groups excluding carboxylic acids is 1. The van der Waals surface area contributed by atoms with Gasteiger partial charge in [0.05, 0.1) is 17.4 Å². The van der Waals surface area contributed by atoms with Gasteiger partial charge in [0.2, 0.25) is 0 Å². The molecule has 4 N–H and O–H groups in total. The molecule has 0 aliphatic heterocycles. The van der Waals surface area contributed by atoms with E-state index in [0.717, 1.165) is 53.7 Å². The van der Waals surface area contributed by atoms with E-state index < -0.39 is 0 Å². The molecule has 1 aliphatic rings. The van der Waals surface area contributed by atoms with Gasteiger partial charge in [-0.25, -0.2) is 4.98 Å². The number of nitrogens with zero attached hydrogens (tertiary/aromatic N) is 2. The van der Waals surface area contributed by atoms with Gasteiger partial charge in [-0.1, -0.05) is 61.7 Å². The highest BCUT2D eigenvalue weighted by Gasteiger charge is 2.17. The Morgan fingerprint density at radius 2 is 1.75 bits per heavy atom. The van der Waals surface area contributed by atoms with Crippen LogP contribution >= 0.6 is 0 Å². The normalized spacial score (nSPS) is 14.2. The van der Waals surface area contributed by atoms with Gasteiger partial charge in [-0.15, -0.1) is 0 Å².